The van der Waals surface area contributed by atoms with Crippen LogP contribution in [0.1, 0.15) is 37.9 Å². The Morgan fingerprint density at radius 2 is 1.76 bits per heavy atom. The van der Waals surface area contributed by atoms with Crippen molar-refractivity contribution in [1.29, 1.82) is 0 Å². The highest BCUT2D eigenvalue weighted by molar-refractivity contribution is 6.51. The number of anilines is 1. The van der Waals surface area contributed by atoms with Crippen LogP contribution in [0.25, 0.3) is 5.76 Å². The van der Waals surface area contributed by atoms with E-state index in [0.717, 1.165) is 0 Å². The van der Waals surface area contributed by atoms with E-state index in [1.54, 1.807) is 60.7 Å². The molecule has 0 aliphatic carbocycles. The molecule has 1 aliphatic rings. The smallest absolute Gasteiger partial charge is 0.300 e. The molecule has 0 radical (unpaired) electrons. The van der Waals surface area contributed by atoms with Crippen LogP contribution in [-0.2, 0) is 9.59 Å². The SMILES string of the molecule is CCOc1cccc(N2C(=O)C(=O)/C(=C(/O)c3ccc(Cl)c(OC)c3)C2c2ccc(OC(C)C)cc2)c1. The van der Waals surface area contributed by atoms with Crippen molar-refractivity contribution >= 4 is 34.7 Å². The van der Waals surface area contributed by atoms with Crippen LogP contribution in [0.15, 0.2) is 72.3 Å². The van der Waals surface area contributed by atoms with E-state index in [1.165, 1.54) is 18.1 Å². The van der Waals surface area contributed by atoms with E-state index in [2.05, 4.69) is 0 Å². The summed E-state index contributed by atoms with van der Waals surface area (Å²) in [6.07, 6.45) is -0.0160. The number of halogens is 1. The second-order valence-electron chi connectivity index (χ2n) is 8.68. The monoisotopic (exact) mass is 521 g/mol. The summed E-state index contributed by atoms with van der Waals surface area (Å²) in [4.78, 5) is 28.2. The Kier molecular flexibility index (Phi) is 7.74. The minimum absolute atomic E-state index is 0.0160. The van der Waals surface area contributed by atoms with E-state index in [4.69, 9.17) is 25.8 Å². The van der Waals surface area contributed by atoms with Crippen molar-refractivity contribution in [2.75, 3.05) is 18.6 Å². The number of methoxy groups -OCH3 is 1. The first kappa shape index (κ1) is 26.1. The molecule has 192 valence electrons. The number of carbonyl (C=O) groups is 2. The summed E-state index contributed by atoms with van der Waals surface area (Å²) in [6.45, 7) is 6.16. The Balaban J connectivity index is 1.90. The summed E-state index contributed by atoms with van der Waals surface area (Å²) in [6, 6.07) is 17.8. The number of benzene rings is 3. The maximum absolute atomic E-state index is 13.4. The molecule has 1 unspecified atom stereocenters. The second-order valence-corrected chi connectivity index (χ2v) is 9.09. The van der Waals surface area contributed by atoms with Crippen molar-refractivity contribution in [3.05, 3.63) is 88.5 Å². The molecular formula is C29H28ClNO6. The van der Waals surface area contributed by atoms with Crippen molar-refractivity contribution in [3.63, 3.8) is 0 Å². The number of nitrogens with zero attached hydrogens (tertiary/aromatic N) is 1. The molecule has 1 N–H and O–H groups in total. The van der Waals surface area contributed by atoms with Crippen molar-refractivity contribution in [2.45, 2.75) is 32.9 Å². The average Bonchev–Trinajstić information content (AvgIpc) is 3.14. The Hall–Kier alpha value is -3.97. The summed E-state index contributed by atoms with van der Waals surface area (Å²) >= 11 is 6.16. The molecule has 4 rings (SSSR count). The quantitative estimate of drug-likeness (QED) is 0.217. The molecule has 1 heterocycles. The molecule has 1 atom stereocenters. The summed E-state index contributed by atoms with van der Waals surface area (Å²) in [5.41, 5.74) is 1.34. The highest BCUT2D eigenvalue weighted by atomic mass is 35.5. The molecule has 8 heteroatoms. The normalized spacial score (nSPS) is 16.8. The van der Waals surface area contributed by atoms with Gasteiger partial charge in [-0.3, -0.25) is 14.5 Å². The molecule has 3 aromatic rings. The van der Waals surface area contributed by atoms with Gasteiger partial charge in [0.15, 0.2) is 0 Å². The third kappa shape index (κ3) is 5.27. The lowest BCUT2D eigenvalue weighted by Crippen LogP contribution is -2.29. The Bertz CT molecular complexity index is 1350. The van der Waals surface area contributed by atoms with Gasteiger partial charge in [-0.05, 0) is 68.8 Å². The third-order valence-corrected chi connectivity index (χ3v) is 6.16. The van der Waals surface area contributed by atoms with E-state index in [9.17, 15) is 14.7 Å². The summed E-state index contributed by atoms with van der Waals surface area (Å²) in [7, 11) is 1.45. The molecule has 7 nitrogen and oxygen atoms in total. The lowest BCUT2D eigenvalue weighted by molar-refractivity contribution is -0.132. The van der Waals surface area contributed by atoms with Gasteiger partial charge in [-0.25, -0.2) is 0 Å². The Morgan fingerprint density at radius 1 is 1.03 bits per heavy atom. The van der Waals surface area contributed by atoms with Gasteiger partial charge >= 0.3 is 0 Å². The fourth-order valence-corrected chi connectivity index (χ4v) is 4.46. The number of carbonyl (C=O) groups excluding carboxylic acids is 2. The van der Waals surface area contributed by atoms with Crippen LogP contribution in [0, 0.1) is 0 Å². The van der Waals surface area contributed by atoms with Gasteiger partial charge < -0.3 is 19.3 Å². The Morgan fingerprint density at radius 3 is 2.41 bits per heavy atom. The highest BCUT2D eigenvalue weighted by Crippen LogP contribution is 2.43. The minimum Gasteiger partial charge on any atom is -0.507 e. The molecule has 0 saturated carbocycles. The zero-order chi connectivity index (χ0) is 26.7. The van der Waals surface area contributed by atoms with Gasteiger partial charge in [0.2, 0.25) is 0 Å². The number of aliphatic hydroxyl groups is 1. The first-order valence-electron chi connectivity index (χ1n) is 11.9. The number of aliphatic hydroxyl groups excluding tert-OH is 1. The summed E-state index contributed by atoms with van der Waals surface area (Å²) in [5.74, 6) is -0.356. The molecule has 0 spiro atoms. The van der Waals surface area contributed by atoms with Crippen LogP contribution < -0.4 is 19.1 Å². The van der Waals surface area contributed by atoms with E-state index in [-0.39, 0.29) is 17.4 Å². The van der Waals surface area contributed by atoms with E-state index >= 15 is 0 Å². The number of ether oxygens (including phenoxy) is 3. The van der Waals surface area contributed by atoms with Gasteiger partial charge in [-0.15, -0.1) is 0 Å². The highest BCUT2D eigenvalue weighted by Gasteiger charge is 2.47. The van der Waals surface area contributed by atoms with Crippen LogP contribution in [0.5, 0.6) is 17.2 Å². The van der Waals surface area contributed by atoms with Crippen molar-refractivity contribution in [3.8, 4) is 17.2 Å². The van der Waals surface area contributed by atoms with Gasteiger partial charge in [0.25, 0.3) is 11.7 Å². The zero-order valence-corrected chi connectivity index (χ0v) is 21.8. The molecule has 1 aliphatic heterocycles. The molecule has 37 heavy (non-hydrogen) atoms. The topological polar surface area (TPSA) is 85.3 Å². The van der Waals surface area contributed by atoms with Crippen molar-refractivity contribution in [2.24, 2.45) is 0 Å². The predicted molar refractivity (Wildman–Crippen MR) is 143 cm³/mol. The molecule has 1 amide bonds. The molecule has 0 bridgehead atoms. The van der Waals surface area contributed by atoms with Crippen molar-refractivity contribution in [1.82, 2.24) is 0 Å². The van der Waals surface area contributed by atoms with E-state index in [0.29, 0.717) is 45.7 Å². The summed E-state index contributed by atoms with van der Waals surface area (Å²) < 4.78 is 16.6. The third-order valence-electron chi connectivity index (χ3n) is 5.84. The molecule has 1 fully saturated rings. The van der Waals surface area contributed by atoms with E-state index in [1.807, 2.05) is 20.8 Å². The minimum atomic E-state index is -0.897. The number of amides is 1. The van der Waals surface area contributed by atoms with Gasteiger partial charge in [0.05, 0.1) is 36.5 Å². The van der Waals surface area contributed by atoms with Gasteiger partial charge in [0, 0.05) is 17.3 Å². The molecular weight excluding hydrogens is 494 g/mol. The number of rotatable bonds is 8. The molecule has 3 aromatic carbocycles. The van der Waals surface area contributed by atoms with Gasteiger partial charge in [-0.2, -0.15) is 0 Å². The number of ketones is 1. The Labute approximate surface area is 220 Å². The number of Topliss-reactive ketones (excluding diaryl/α,β-unsaturated/α-hetero) is 1. The second kappa shape index (κ2) is 11.0. The lowest BCUT2D eigenvalue weighted by Gasteiger charge is -2.26. The first-order chi connectivity index (χ1) is 17.7. The maximum Gasteiger partial charge on any atom is 0.300 e. The van der Waals surface area contributed by atoms with Crippen LogP contribution in [0.2, 0.25) is 5.02 Å². The maximum atomic E-state index is 13.4. The van der Waals surface area contributed by atoms with Crippen LogP contribution in [0.3, 0.4) is 0 Å². The number of hydrogen-bond acceptors (Lipinski definition) is 6. The average molecular weight is 522 g/mol. The standard InChI is InChI=1S/C29H28ClNO6/c1-5-36-22-8-6-7-20(16-22)31-26(18-9-12-21(13-10-18)37-17(2)3)25(28(33)29(31)34)27(32)19-11-14-23(30)24(15-19)35-4/h6-17,26,32H,5H2,1-4H3/b27-25+. The largest absolute Gasteiger partial charge is 0.507 e. The fraction of sp³-hybridized carbons (Fsp3) is 0.241. The fourth-order valence-electron chi connectivity index (χ4n) is 4.27. The molecule has 1 saturated heterocycles. The lowest BCUT2D eigenvalue weighted by atomic mass is 9.95. The zero-order valence-electron chi connectivity index (χ0n) is 21.0. The van der Waals surface area contributed by atoms with Crippen molar-refractivity contribution < 1.29 is 28.9 Å². The molecule has 0 aromatic heterocycles. The predicted octanol–water partition coefficient (Wildman–Crippen LogP) is 6.16. The van der Waals surface area contributed by atoms with Crippen LogP contribution in [-0.4, -0.2) is 36.6 Å². The van der Waals surface area contributed by atoms with Gasteiger partial charge in [-0.1, -0.05) is 29.8 Å². The van der Waals surface area contributed by atoms with E-state index < -0.39 is 17.7 Å². The van der Waals surface area contributed by atoms with Gasteiger partial charge in [0.1, 0.15) is 23.0 Å². The first-order valence-corrected chi connectivity index (χ1v) is 12.3. The number of hydrogen-bond donors (Lipinski definition) is 1. The summed E-state index contributed by atoms with van der Waals surface area (Å²) in [5, 5.41) is 11.7. The van der Waals surface area contributed by atoms with Crippen LogP contribution in [0.4, 0.5) is 5.69 Å². The van der Waals surface area contributed by atoms with Crippen LogP contribution >= 0.6 is 11.6 Å².